The summed E-state index contributed by atoms with van der Waals surface area (Å²) in [6.07, 6.45) is 3.74. The molecule has 0 bridgehead atoms. The molecule has 20 heavy (non-hydrogen) atoms. The van der Waals surface area contributed by atoms with Gasteiger partial charge in [0, 0.05) is 12.7 Å². The summed E-state index contributed by atoms with van der Waals surface area (Å²) in [6, 6.07) is 12.1. The van der Waals surface area contributed by atoms with E-state index in [1.54, 1.807) is 6.20 Å². The average Bonchev–Trinajstić information content (AvgIpc) is 2.90. The van der Waals surface area contributed by atoms with Gasteiger partial charge in [0.1, 0.15) is 6.61 Å². The smallest absolute Gasteiger partial charge is 0.179 e. The summed E-state index contributed by atoms with van der Waals surface area (Å²) in [5, 5.41) is 0. The lowest BCUT2D eigenvalue weighted by atomic mass is 10.1. The molecule has 0 fully saturated rings. The Morgan fingerprint density at radius 2 is 2.05 bits per heavy atom. The van der Waals surface area contributed by atoms with Crippen molar-refractivity contribution in [1.29, 1.82) is 0 Å². The molecule has 0 aliphatic rings. The number of pyridine rings is 1. The number of nitrogens with zero attached hydrogens (tertiary/aromatic N) is 2. The number of rotatable bonds is 4. The Morgan fingerprint density at radius 1 is 1.20 bits per heavy atom. The van der Waals surface area contributed by atoms with Crippen molar-refractivity contribution in [2.45, 2.75) is 20.1 Å². The summed E-state index contributed by atoms with van der Waals surface area (Å²) in [6.45, 7) is 3.08. The van der Waals surface area contributed by atoms with Gasteiger partial charge in [-0.3, -0.25) is 4.40 Å². The van der Waals surface area contributed by atoms with Crippen LogP contribution in [0, 0.1) is 6.92 Å². The molecule has 0 saturated heterocycles. The van der Waals surface area contributed by atoms with E-state index >= 15 is 0 Å². The number of ether oxygens (including phenoxy) is 1. The lowest BCUT2D eigenvalue weighted by Crippen LogP contribution is -2.02. The number of nitrogens with two attached hydrogens (primary N) is 1. The molecule has 2 N–H and O–H groups in total. The van der Waals surface area contributed by atoms with Crippen LogP contribution in [0.25, 0.3) is 5.65 Å². The SMILES string of the molecule is Cc1ccccc1COc1cccn2c(CN)cnc12. The Balaban J connectivity index is 1.88. The monoisotopic (exact) mass is 267 g/mol. The summed E-state index contributed by atoms with van der Waals surface area (Å²) < 4.78 is 7.89. The lowest BCUT2D eigenvalue weighted by molar-refractivity contribution is 0.307. The van der Waals surface area contributed by atoms with Gasteiger partial charge in [-0.05, 0) is 30.2 Å². The average molecular weight is 267 g/mol. The highest BCUT2D eigenvalue weighted by Gasteiger charge is 2.07. The maximum Gasteiger partial charge on any atom is 0.179 e. The van der Waals surface area contributed by atoms with Gasteiger partial charge in [-0.25, -0.2) is 4.98 Å². The molecule has 4 heteroatoms. The zero-order valence-corrected chi connectivity index (χ0v) is 11.4. The maximum atomic E-state index is 5.92. The van der Waals surface area contributed by atoms with E-state index in [1.807, 2.05) is 34.9 Å². The van der Waals surface area contributed by atoms with E-state index in [0.29, 0.717) is 13.2 Å². The second-order valence-electron chi connectivity index (χ2n) is 4.73. The molecular weight excluding hydrogens is 250 g/mol. The number of hydrogen-bond donors (Lipinski definition) is 1. The number of fused-ring (bicyclic) bond motifs is 1. The third-order valence-electron chi connectivity index (χ3n) is 3.43. The standard InChI is InChI=1S/C16H17N3O/c1-12-5-2-3-6-13(12)11-20-15-7-4-8-19-14(9-17)10-18-16(15)19/h2-8,10H,9,11,17H2,1H3. The quantitative estimate of drug-likeness (QED) is 0.790. The highest BCUT2D eigenvalue weighted by Crippen LogP contribution is 2.21. The van der Waals surface area contributed by atoms with E-state index in [-0.39, 0.29) is 0 Å². The molecule has 0 amide bonds. The molecule has 0 aliphatic heterocycles. The summed E-state index contributed by atoms with van der Waals surface area (Å²) in [5.74, 6) is 0.774. The minimum atomic E-state index is 0.461. The van der Waals surface area contributed by atoms with E-state index in [0.717, 1.165) is 17.1 Å². The highest BCUT2D eigenvalue weighted by molar-refractivity contribution is 5.54. The molecule has 1 aromatic carbocycles. The Hall–Kier alpha value is -2.33. The molecule has 4 nitrogen and oxygen atoms in total. The predicted molar refractivity (Wildman–Crippen MR) is 78.6 cm³/mol. The normalized spacial score (nSPS) is 10.9. The Kier molecular flexibility index (Phi) is 3.39. The summed E-state index contributed by atoms with van der Waals surface area (Å²) >= 11 is 0. The third kappa shape index (κ3) is 2.26. The van der Waals surface area contributed by atoms with Crippen molar-refractivity contribution in [3.63, 3.8) is 0 Å². The third-order valence-corrected chi connectivity index (χ3v) is 3.43. The van der Waals surface area contributed by atoms with E-state index < -0.39 is 0 Å². The largest absolute Gasteiger partial charge is 0.485 e. The second-order valence-corrected chi connectivity index (χ2v) is 4.73. The van der Waals surface area contributed by atoms with Crippen molar-refractivity contribution in [3.8, 4) is 5.75 Å². The zero-order valence-electron chi connectivity index (χ0n) is 11.4. The van der Waals surface area contributed by atoms with E-state index in [2.05, 4.69) is 24.0 Å². The summed E-state index contributed by atoms with van der Waals surface area (Å²) in [7, 11) is 0. The van der Waals surface area contributed by atoms with Gasteiger partial charge in [0.05, 0.1) is 11.9 Å². The Labute approximate surface area is 117 Å². The molecular formula is C16H17N3O. The highest BCUT2D eigenvalue weighted by atomic mass is 16.5. The van der Waals surface area contributed by atoms with Crippen molar-refractivity contribution < 1.29 is 4.74 Å². The van der Waals surface area contributed by atoms with Gasteiger partial charge < -0.3 is 10.5 Å². The fourth-order valence-corrected chi connectivity index (χ4v) is 2.23. The number of aromatic nitrogens is 2. The molecule has 0 aliphatic carbocycles. The molecule has 2 heterocycles. The first-order valence-corrected chi connectivity index (χ1v) is 6.62. The van der Waals surface area contributed by atoms with Gasteiger partial charge in [0.15, 0.2) is 11.4 Å². The molecule has 0 atom stereocenters. The van der Waals surface area contributed by atoms with Gasteiger partial charge in [0.2, 0.25) is 0 Å². The molecule has 3 aromatic rings. The van der Waals surface area contributed by atoms with Crippen LogP contribution >= 0.6 is 0 Å². The van der Waals surface area contributed by atoms with Gasteiger partial charge in [-0.2, -0.15) is 0 Å². The van der Waals surface area contributed by atoms with Gasteiger partial charge in [-0.15, -0.1) is 0 Å². The van der Waals surface area contributed by atoms with Gasteiger partial charge in [-0.1, -0.05) is 24.3 Å². The van der Waals surface area contributed by atoms with Crippen LogP contribution in [0.4, 0.5) is 0 Å². The van der Waals surface area contributed by atoms with E-state index in [4.69, 9.17) is 10.5 Å². The van der Waals surface area contributed by atoms with Crippen LogP contribution in [0.1, 0.15) is 16.8 Å². The maximum absolute atomic E-state index is 5.92. The molecule has 3 rings (SSSR count). The van der Waals surface area contributed by atoms with Gasteiger partial charge in [0.25, 0.3) is 0 Å². The first-order valence-electron chi connectivity index (χ1n) is 6.62. The summed E-state index contributed by atoms with van der Waals surface area (Å²) in [4.78, 5) is 4.38. The van der Waals surface area contributed by atoms with Crippen LogP contribution in [0.15, 0.2) is 48.8 Å². The van der Waals surface area contributed by atoms with Crippen molar-refractivity contribution in [1.82, 2.24) is 9.38 Å². The van der Waals surface area contributed by atoms with Gasteiger partial charge >= 0.3 is 0 Å². The molecule has 2 aromatic heterocycles. The number of hydrogen-bond acceptors (Lipinski definition) is 3. The van der Waals surface area contributed by atoms with Crippen LogP contribution in [0.3, 0.4) is 0 Å². The van der Waals surface area contributed by atoms with E-state index in [9.17, 15) is 0 Å². The summed E-state index contributed by atoms with van der Waals surface area (Å²) in [5.41, 5.74) is 9.88. The first kappa shape index (κ1) is 12.7. The minimum absolute atomic E-state index is 0.461. The number of benzene rings is 1. The Morgan fingerprint density at radius 3 is 2.85 bits per heavy atom. The number of imidazole rings is 1. The lowest BCUT2D eigenvalue weighted by Gasteiger charge is -2.09. The van der Waals surface area contributed by atoms with Crippen LogP contribution < -0.4 is 10.5 Å². The zero-order chi connectivity index (χ0) is 13.9. The van der Waals surface area contributed by atoms with Crippen molar-refractivity contribution >= 4 is 5.65 Å². The van der Waals surface area contributed by atoms with Crippen LogP contribution in [0.2, 0.25) is 0 Å². The molecule has 0 radical (unpaired) electrons. The van der Waals surface area contributed by atoms with Crippen molar-refractivity contribution in [3.05, 3.63) is 65.6 Å². The topological polar surface area (TPSA) is 52.5 Å². The molecule has 102 valence electrons. The van der Waals surface area contributed by atoms with Crippen molar-refractivity contribution in [2.75, 3.05) is 0 Å². The van der Waals surface area contributed by atoms with E-state index in [1.165, 1.54) is 11.1 Å². The molecule has 0 unspecified atom stereocenters. The fraction of sp³-hybridized carbons (Fsp3) is 0.188. The van der Waals surface area contributed by atoms with Crippen molar-refractivity contribution in [2.24, 2.45) is 5.73 Å². The minimum Gasteiger partial charge on any atom is -0.485 e. The predicted octanol–water partition coefficient (Wildman–Crippen LogP) is 2.68. The molecule has 0 spiro atoms. The fourth-order valence-electron chi connectivity index (χ4n) is 2.23. The molecule has 0 saturated carbocycles. The van der Waals surface area contributed by atoms with Crippen LogP contribution in [-0.4, -0.2) is 9.38 Å². The van der Waals surface area contributed by atoms with Crippen LogP contribution in [0.5, 0.6) is 5.75 Å². The number of aryl methyl sites for hydroxylation is 1. The first-order chi connectivity index (χ1) is 9.79. The Bertz CT molecular complexity index is 733. The second kappa shape index (κ2) is 5.35. The van der Waals surface area contributed by atoms with Crippen LogP contribution in [-0.2, 0) is 13.2 Å².